The first-order chi connectivity index (χ1) is 22.1. The fourth-order valence-corrected chi connectivity index (χ4v) is 7.20. The minimum Gasteiger partial charge on any atom is -0.466 e. The highest BCUT2D eigenvalue weighted by Crippen LogP contribution is 2.40. The second-order valence-electron chi connectivity index (χ2n) is 12.5. The van der Waals surface area contributed by atoms with Crippen LogP contribution in [0.3, 0.4) is 0 Å². The third-order valence-electron chi connectivity index (χ3n) is 9.33. The van der Waals surface area contributed by atoms with Crippen molar-refractivity contribution in [2.45, 2.75) is 116 Å². The summed E-state index contributed by atoms with van der Waals surface area (Å²) in [6.45, 7) is 5.76. The summed E-state index contributed by atoms with van der Waals surface area (Å²) >= 11 is 3.28. The lowest BCUT2D eigenvalue weighted by molar-refractivity contribution is -0.146. The first kappa shape index (κ1) is 36.9. The van der Waals surface area contributed by atoms with E-state index in [4.69, 9.17) is 4.74 Å². The van der Waals surface area contributed by atoms with Gasteiger partial charge in [-0.1, -0.05) is 13.8 Å². The Morgan fingerprint density at radius 1 is 0.894 bits per heavy atom. The molecule has 2 heterocycles. The smallest absolute Gasteiger partial charge is 0.416 e. The van der Waals surface area contributed by atoms with Crippen molar-refractivity contribution in [1.82, 2.24) is 14.9 Å². The number of aromatic nitrogens is 2. The van der Waals surface area contributed by atoms with Gasteiger partial charge in [0.25, 0.3) is 0 Å². The van der Waals surface area contributed by atoms with Gasteiger partial charge in [-0.3, -0.25) is 9.59 Å². The van der Waals surface area contributed by atoms with E-state index in [9.17, 15) is 35.9 Å². The van der Waals surface area contributed by atoms with Gasteiger partial charge < -0.3 is 14.5 Å². The first-order valence-electron chi connectivity index (χ1n) is 16.1. The van der Waals surface area contributed by atoms with E-state index >= 15 is 0 Å². The molecule has 2 fully saturated rings. The summed E-state index contributed by atoms with van der Waals surface area (Å²) in [5, 5.41) is 0. The highest BCUT2D eigenvalue weighted by atomic mass is 79.9. The zero-order valence-corrected chi connectivity index (χ0v) is 28.3. The molecule has 7 nitrogen and oxygen atoms in total. The molecule has 1 saturated carbocycles. The van der Waals surface area contributed by atoms with Crippen molar-refractivity contribution >= 4 is 33.8 Å². The predicted octanol–water partition coefficient (Wildman–Crippen LogP) is 8.59. The van der Waals surface area contributed by atoms with Crippen LogP contribution >= 0.6 is 15.9 Å². The Kier molecular flexibility index (Phi) is 12.2. The number of hydrogen-bond acceptors (Lipinski definition) is 6. The van der Waals surface area contributed by atoms with Gasteiger partial charge in [-0.25, -0.2) is 9.97 Å². The Bertz CT molecular complexity index is 1320. The van der Waals surface area contributed by atoms with Crippen LogP contribution in [0.4, 0.5) is 32.3 Å². The number of carbonyl (C=O) groups excluding carboxylic acids is 2. The van der Waals surface area contributed by atoms with Crippen LogP contribution in [0, 0.1) is 11.8 Å². The third kappa shape index (κ3) is 9.38. The lowest BCUT2D eigenvalue weighted by atomic mass is 9.78. The number of carbonyl (C=O) groups is 2. The highest BCUT2D eigenvalue weighted by molar-refractivity contribution is 9.10. The number of esters is 1. The summed E-state index contributed by atoms with van der Waals surface area (Å²) in [6, 6.07) is 0.847. The van der Waals surface area contributed by atoms with Gasteiger partial charge in [-0.05, 0) is 104 Å². The van der Waals surface area contributed by atoms with E-state index in [1.165, 1.54) is 12.4 Å². The van der Waals surface area contributed by atoms with Gasteiger partial charge in [-0.15, -0.1) is 0 Å². The van der Waals surface area contributed by atoms with Crippen LogP contribution in [0.25, 0.3) is 0 Å². The van der Waals surface area contributed by atoms with Crippen LogP contribution < -0.4 is 4.90 Å². The number of amides is 1. The fraction of sp³-hybridized carbons (Fsp3) is 0.636. The van der Waals surface area contributed by atoms with E-state index in [0.29, 0.717) is 56.0 Å². The van der Waals surface area contributed by atoms with Gasteiger partial charge >= 0.3 is 18.3 Å². The lowest BCUT2D eigenvalue weighted by Crippen LogP contribution is -2.58. The Hall–Kier alpha value is -2.90. The molecule has 0 spiro atoms. The molecule has 1 aliphatic carbocycles. The van der Waals surface area contributed by atoms with E-state index in [0.717, 1.165) is 25.0 Å². The quantitative estimate of drug-likeness (QED) is 0.180. The van der Waals surface area contributed by atoms with E-state index in [1.54, 1.807) is 11.8 Å². The van der Waals surface area contributed by atoms with Gasteiger partial charge in [0.15, 0.2) is 0 Å². The molecule has 0 bridgehead atoms. The van der Waals surface area contributed by atoms with E-state index in [2.05, 4.69) is 25.9 Å². The number of rotatable bonds is 10. The normalized spacial score (nSPS) is 23.8. The molecular weight excluding hydrogens is 694 g/mol. The SMILES string of the molecule is CCOC(=O)CC1CCC(C(=O)N2[C@H](CC)C[C@@H](N(Cc3cc(C(F)(F)F)cc(C(F)(F)F)c3)c3ncc(Br)cn3)C[C@@H]2CC)CC1. The zero-order valence-electron chi connectivity index (χ0n) is 26.7. The Morgan fingerprint density at radius 2 is 1.43 bits per heavy atom. The highest BCUT2D eigenvalue weighted by Gasteiger charge is 2.43. The molecule has 2 aliphatic rings. The minimum atomic E-state index is -4.97. The maximum Gasteiger partial charge on any atom is 0.416 e. The number of likely N-dealkylation sites (tertiary alicyclic amines) is 1. The maximum atomic E-state index is 14.0. The van der Waals surface area contributed by atoms with Crippen LogP contribution in [0.15, 0.2) is 35.1 Å². The number of ether oxygens (including phenoxy) is 1. The molecule has 1 aromatic carbocycles. The van der Waals surface area contributed by atoms with E-state index in [1.807, 2.05) is 18.7 Å². The summed E-state index contributed by atoms with van der Waals surface area (Å²) < 4.78 is 87.9. The molecule has 0 N–H and O–H groups in total. The summed E-state index contributed by atoms with van der Waals surface area (Å²) in [4.78, 5) is 38.4. The third-order valence-corrected chi connectivity index (χ3v) is 9.74. The zero-order chi connectivity index (χ0) is 34.5. The largest absolute Gasteiger partial charge is 0.466 e. The van der Waals surface area contributed by atoms with Crippen molar-refractivity contribution in [3.63, 3.8) is 0 Å². The molecule has 47 heavy (non-hydrogen) atoms. The molecule has 1 amide bonds. The maximum absolute atomic E-state index is 14.0. The van der Waals surface area contributed by atoms with Gasteiger partial charge in [0.2, 0.25) is 11.9 Å². The number of nitrogens with zero attached hydrogens (tertiary/aromatic N) is 4. The van der Waals surface area contributed by atoms with E-state index < -0.39 is 23.5 Å². The molecule has 0 radical (unpaired) electrons. The number of benzene rings is 1. The molecular formula is C33H41BrF6N4O3. The molecule has 0 unspecified atom stereocenters. The molecule has 3 atom stereocenters. The van der Waals surface area contributed by atoms with Crippen molar-refractivity contribution < 1.29 is 40.7 Å². The standard InChI is InChI=1S/C33H41BrF6N4O3/c1-4-26-15-28(16-27(5-2)44(26)30(46)22-9-7-20(8-10-22)13-29(45)47-6-3)43(31-41-17-25(34)18-42-31)19-21-11-23(32(35,36)37)14-24(12-21)33(38,39)40/h11-12,14,17-18,20,22,26-28H,4-10,13,15-16,19H2,1-3H3/t20?,22?,26-,27+,28-. The lowest BCUT2D eigenvalue weighted by Gasteiger charge is -2.49. The van der Waals surface area contributed by atoms with Crippen LogP contribution in [0.1, 0.15) is 95.2 Å². The van der Waals surface area contributed by atoms with Crippen molar-refractivity contribution in [2.24, 2.45) is 11.8 Å². The molecule has 1 aliphatic heterocycles. The first-order valence-corrected chi connectivity index (χ1v) is 16.9. The molecule has 1 aromatic heterocycles. The molecule has 14 heteroatoms. The second-order valence-corrected chi connectivity index (χ2v) is 13.4. The Balaban J connectivity index is 1.60. The number of anilines is 1. The van der Waals surface area contributed by atoms with Crippen LogP contribution in [-0.2, 0) is 33.2 Å². The van der Waals surface area contributed by atoms with Crippen LogP contribution in [-0.4, -0.2) is 51.5 Å². The molecule has 1 saturated heterocycles. The van der Waals surface area contributed by atoms with Crippen molar-refractivity contribution in [1.29, 1.82) is 0 Å². The van der Waals surface area contributed by atoms with Crippen molar-refractivity contribution in [2.75, 3.05) is 11.5 Å². The average molecular weight is 736 g/mol. The minimum absolute atomic E-state index is 0.0656. The topological polar surface area (TPSA) is 75.6 Å². The van der Waals surface area contributed by atoms with Gasteiger partial charge in [0.05, 0.1) is 22.2 Å². The monoisotopic (exact) mass is 734 g/mol. The van der Waals surface area contributed by atoms with Gasteiger partial charge in [-0.2, -0.15) is 26.3 Å². The summed E-state index contributed by atoms with van der Waals surface area (Å²) in [5.41, 5.74) is -2.93. The van der Waals surface area contributed by atoms with Crippen LogP contribution in [0.2, 0.25) is 0 Å². The predicted molar refractivity (Wildman–Crippen MR) is 167 cm³/mol. The second kappa shape index (κ2) is 15.5. The number of piperidine rings is 1. The summed E-state index contributed by atoms with van der Waals surface area (Å²) in [7, 11) is 0. The van der Waals surface area contributed by atoms with E-state index in [-0.39, 0.29) is 66.0 Å². The Morgan fingerprint density at radius 3 is 1.89 bits per heavy atom. The van der Waals surface area contributed by atoms with Crippen LogP contribution in [0.5, 0.6) is 0 Å². The molecule has 260 valence electrons. The number of halogens is 7. The van der Waals surface area contributed by atoms with Gasteiger partial charge in [0.1, 0.15) is 0 Å². The summed E-state index contributed by atoms with van der Waals surface area (Å²) in [5.74, 6) is 0.0239. The molecule has 2 aromatic rings. The van der Waals surface area contributed by atoms with Crippen molar-refractivity contribution in [3.05, 3.63) is 51.8 Å². The number of hydrogen-bond donors (Lipinski definition) is 0. The molecule has 4 rings (SSSR count). The summed E-state index contributed by atoms with van der Waals surface area (Å²) in [6.07, 6.45) is -1.65. The fourth-order valence-electron chi connectivity index (χ4n) is 6.99. The van der Waals surface area contributed by atoms with Crippen molar-refractivity contribution in [3.8, 4) is 0 Å². The van der Waals surface area contributed by atoms with Gasteiger partial charge in [0, 0.05) is 49.4 Å². The Labute approximate surface area is 279 Å². The average Bonchev–Trinajstić information content (AvgIpc) is 3.02. The number of alkyl halides is 6.